The summed E-state index contributed by atoms with van der Waals surface area (Å²) >= 11 is 0. The zero-order valence-corrected chi connectivity index (χ0v) is 13.2. The van der Waals surface area contributed by atoms with Crippen molar-refractivity contribution in [3.63, 3.8) is 0 Å². The van der Waals surface area contributed by atoms with Crippen molar-refractivity contribution in [2.24, 2.45) is 0 Å². The number of ether oxygens (including phenoxy) is 1. The molecule has 0 atom stereocenters. The first-order valence-electron chi connectivity index (χ1n) is 7.58. The number of aryl methyl sites for hydroxylation is 2. The van der Waals surface area contributed by atoms with Gasteiger partial charge in [0, 0.05) is 19.6 Å². The Morgan fingerprint density at radius 1 is 1.33 bits per heavy atom. The zero-order valence-electron chi connectivity index (χ0n) is 13.2. The summed E-state index contributed by atoms with van der Waals surface area (Å²) in [7, 11) is 0. The van der Waals surface area contributed by atoms with E-state index in [0.29, 0.717) is 13.2 Å². The van der Waals surface area contributed by atoms with Crippen LogP contribution in [0.4, 0.5) is 4.79 Å². The Morgan fingerprint density at radius 2 is 2.05 bits per heavy atom. The largest absolute Gasteiger partial charge is 0.491 e. The van der Waals surface area contributed by atoms with Crippen molar-refractivity contribution in [3.8, 4) is 5.75 Å². The van der Waals surface area contributed by atoms with Gasteiger partial charge in [0.15, 0.2) is 0 Å². The predicted molar refractivity (Wildman–Crippen MR) is 83.8 cm³/mol. The molecule has 0 aromatic heterocycles. The second-order valence-corrected chi connectivity index (χ2v) is 5.41. The van der Waals surface area contributed by atoms with Gasteiger partial charge in [0.1, 0.15) is 12.4 Å². The molecule has 2 amide bonds. The number of carbonyl (C=O) groups excluding carboxylic acids is 1. The smallest absolute Gasteiger partial charge is 0.317 e. The van der Waals surface area contributed by atoms with Gasteiger partial charge in [-0.3, -0.25) is 0 Å². The Bertz CT molecular complexity index is 479. The molecule has 0 spiro atoms. The van der Waals surface area contributed by atoms with Crippen molar-refractivity contribution in [1.82, 2.24) is 15.5 Å². The summed E-state index contributed by atoms with van der Waals surface area (Å²) in [6, 6.07) is 4.33. The first kappa shape index (κ1) is 15.6. The first-order chi connectivity index (χ1) is 10.1. The predicted octanol–water partition coefficient (Wildman–Crippen LogP) is 1.82. The number of benzene rings is 1. The number of amides is 2. The molecule has 21 heavy (non-hydrogen) atoms. The van der Waals surface area contributed by atoms with Gasteiger partial charge in [-0.25, -0.2) is 4.79 Å². The van der Waals surface area contributed by atoms with E-state index in [9.17, 15) is 4.79 Å². The van der Waals surface area contributed by atoms with Gasteiger partial charge in [-0.05, 0) is 37.1 Å². The summed E-state index contributed by atoms with van der Waals surface area (Å²) in [5, 5.41) is 6.12. The van der Waals surface area contributed by atoms with Gasteiger partial charge in [0.2, 0.25) is 0 Å². The number of hydrogen-bond donors (Lipinski definition) is 2. The molecule has 1 aromatic carbocycles. The van der Waals surface area contributed by atoms with Crippen molar-refractivity contribution < 1.29 is 9.53 Å². The zero-order chi connectivity index (χ0) is 15.2. The number of urea groups is 1. The van der Waals surface area contributed by atoms with Gasteiger partial charge in [-0.1, -0.05) is 19.1 Å². The van der Waals surface area contributed by atoms with Crippen LogP contribution in [0.25, 0.3) is 0 Å². The lowest BCUT2D eigenvalue weighted by Gasteiger charge is -2.17. The summed E-state index contributed by atoms with van der Waals surface area (Å²) in [4.78, 5) is 13.2. The van der Waals surface area contributed by atoms with Crippen LogP contribution >= 0.6 is 0 Å². The quantitative estimate of drug-likeness (QED) is 0.805. The maximum Gasteiger partial charge on any atom is 0.317 e. The summed E-state index contributed by atoms with van der Waals surface area (Å²) < 4.78 is 5.90. The average molecular weight is 291 g/mol. The summed E-state index contributed by atoms with van der Waals surface area (Å²) in [5.74, 6) is 0.940. The number of carbonyl (C=O) groups is 1. The van der Waals surface area contributed by atoms with Crippen LogP contribution < -0.4 is 15.4 Å². The van der Waals surface area contributed by atoms with E-state index < -0.39 is 0 Å². The second kappa shape index (κ2) is 7.31. The molecule has 0 bridgehead atoms. The van der Waals surface area contributed by atoms with Crippen LogP contribution in [0.15, 0.2) is 12.1 Å². The highest BCUT2D eigenvalue weighted by Gasteiger charge is 2.19. The molecule has 0 unspecified atom stereocenters. The number of nitrogens with one attached hydrogen (secondary N) is 2. The van der Waals surface area contributed by atoms with E-state index in [1.807, 2.05) is 0 Å². The van der Waals surface area contributed by atoms with Gasteiger partial charge >= 0.3 is 6.03 Å². The maximum absolute atomic E-state index is 11.4. The summed E-state index contributed by atoms with van der Waals surface area (Å²) in [5.41, 5.74) is 3.57. The highest BCUT2D eigenvalue weighted by atomic mass is 16.5. The Labute approximate surface area is 126 Å². The number of rotatable bonds is 7. The van der Waals surface area contributed by atoms with Crippen LogP contribution in [0.5, 0.6) is 5.75 Å². The minimum absolute atomic E-state index is 0.00744. The lowest BCUT2D eigenvalue weighted by atomic mass is 10.1. The molecule has 2 N–H and O–H groups in total. The van der Waals surface area contributed by atoms with Crippen LogP contribution in [0, 0.1) is 13.8 Å². The molecule has 1 fully saturated rings. The Morgan fingerprint density at radius 3 is 2.62 bits per heavy atom. The van der Waals surface area contributed by atoms with Crippen LogP contribution in [0.3, 0.4) is 0 Å². The molecule has 5 heteroatoms. The molecule has 1 saturated heterocycles. The number of nitrogens with zero attached hydrogens (tertiary/aromatic N) is 1. The van der Waals surface area contributed by atoms with E-state index in [0.717, 1.165) is 43.1 Å². The standard InChI is InChI=1S/C16H25N3O2/c1-4-17-11-14-9-12(2)15(13(3)10-14)21-8-7-19-6-5-18-16(19)20/h9-10,17H,4-8,11H2,1-3H3,(H,18,20). The number of hydrogen-bond acceptors (Lipinski definition) is 3. The average Bonchev–Trinajstić information content (AvgIpc) is 2.85. The second-order valence-electron chi connectivity index (χ2n) is 5.41. The fraction of sp³-hybridized carbons (Fsp3) is 0.562. The molecule has 116 valence electrons. The molecule has 1 heterocycles. The van der Waals surface area contributed by atoms with E-state index in [1.165, 1.54) is 5.56 Å². The fourth-order valence-corrected chi connectivity index (χ4v) is 2.62. The third-order valence-electron chi connectivity index (χ3n) is 3.65. The Balaban J connectivity index is 1.91. The minimum Gasteiger partial charge on any atom is -0.491 e. The van der Waals surface area contributed by atoms with E-state index in [4.69, 9.17) is 4.74 Å². The summed E-state index contributed by atoms with van der Waals surface area (Å²) in [6.45, 7) is 10.7. The highest BCUT2D eigenvalue weighted by molar-refractivity contribution is 5.76. The lowest BCUT2D eigenvalue weighted by molar-refractivity contribution is 0.202. The molecule has 1 aliphatic heterocycles. The van der Waals surface area contributed by atoms with Gasteiger partial charge in [-0.2, -0.15) is 0 Å². The van der Waals surface area contributed by atoms with E-state index in [-0.39, 0.29) is 6.03 Å². The molecular formula is C16H25N3O2. The maximum atomic E-state index is 11.4. The fourth-order valence-electron chi connectivity index (χ4n) is 2.62. The summed E-state index contributed by atoms with van der Waals surface area (Å²) in [6.07, 6.45) is 0. The molecule has 1 aromatic rings. The van der Waals surface area contributed by atoms with E-state index in [2.05, 4.69) is 43.5 Å². The Hall–Kier alpha value is -1.75. The first-order valence-corrected chi connectivity index (χ1v) is 7.58. The van der Waals surface area contributed by atoms with Crippen LogP contribution in [-0.2, 0) is 6.54 Å². The van der Waals surface area contributed by atoms with Crippen LogP contribution in [-0.4, -0.2) is 43.7 Å². The normalized spacial score (nSPS) is 14.4. The monoisotopic (exact) mass is 291 g/mol. The van der Waals surface area contributed by atoms with Crippen molar-refractivity contribution in [2.75, 3.05) is 32.8 Å². The molecule has 2 rings (SSSR count). The third-order valence-corrected chi connectivity index (χ3v) is 3.65. The molecule has 0 saturated carbocycles. The molecule has 5 nitrogen and oxygen atoms in total. The van der Waals surface area contributed by atoms with Crippen molar-refractivity contribution >= 4 is 6.03 Å². The van der Waals surface area contributed by atoms with Crippen LogP contribution in [0.2, 0.25) is 0 Å². The topological polar surface area (TPSA) is 53.6 Å². The van der Waals surface area contributed by atoms with E-state index >= 15 is 0 Å². The Kier molecular flexibility index (Phi) is 5.44. The van der Waals surface area contributed by atoms with Crippen LogP contribution in [0.1, 0.15) is 23.6 Å². The third kappa shape index (κ3) is 4.11. The van der Waals surface area contributed by atoms with Gasteiger partial charge < -0.3 is 20.3 Å². The van der Waals surface area contributed by atoms with Crippen molar-refractivity contribution in [3.05, 3.63) is 28.8 Å². The van der Waals surface area contributed by atoms with Gasteiger partial charge in [-0.15, -0.1) is 0 Å². The van der Waals surface area contributed by atoms with E-state index in [1.54, 1.807) is 4.90 Å². The molecule has 1 aliphatic rings. The van der Waals surface area contributed by atoms with Crippen molar-refractivity contribution in [2.45, 2.75) is 27.3 Å². The molecule has 0 radical (unpaired) electrons. The minimum atomic E-state index is 0.00744. The van der Waals surface area contributed by atoms with Gasteiger partial charge in [0.25, 0.3) is 0 Å². The molecule has 0 aliphatic carbocycles. The van der Waals surface area contributed by atoms with Gasteiger partial charge in [0.05, 0.1) is 6.54 Å². The SMILES string of the molecule is CCNCc1cc(C)c(OCCN2CCNC2=O)c(C)c1. The lowest BCUT2D eigenvalue weighted by Crippen LogP contribution is -2.32. The highest BCUT2D eigenvalue weighted by Crippen LogP contribution is 2.24. The van der Waals surface area contributed by atoms with Crippen molar-refractivity contribution in [1.29, 1.82) is 0 Å². The molecular weight excluding hydrogens is 266 g/mol.